The molecule has 0 saturated carbocycles. The van der Waals surface area contributed by atoms with Gasteiger partial charge in [-0.15, -0.1) is 0 Å². The number of ether oxygens (including phenoxy) is 1. The molecule has 76 valence electrons. The zero-order valence-electron chi connectivity index (χ0n) is 8.02. The average Bonchev–Trinajstić information content (AvgIpc) is 2.30. The highest BCUT2D eigenvalue weighted by Gasteiger charge is 2.17. The van der Waals surface area contributed by atoms with Crippen LogP contribution in [0.15, 0.2) is 12.4 Å². The van der Waals surface area contributed by atoms with Crippen molar-refractivity contribution in [3.8, 4) is 0 Å². The number of aliphatic hydroxyl groups is 1. The Bertz CT molecular complexity index is 298. The molecule has 1 saturated heterocycles. The van der Waals surface area contributed by atoms with Crippen LogP contribution in [-0.4, -0.2) is 28.3 Å². The van der Waals surface area contributed by atoms with Gasteiger partial charge in [0.05, 0.1) is 12.3 Å². The Morgan fingerprint density at radius 3 is 2.86 bits per heavy atom. The van der Waals surface area contributed by atoms with E-state index in [1.807, 2.05) is 6.07 Å². The highest BCUT2D eigenvalue weighted by Crippen LogP contribution is 2.24. The summed E-state index contributed by atoms with van der Waals surface area (Å²) in [5.41, 5.74) is 1.73. The Balaban J connectivity index is 2.13. The van der Waals surface area contributed by atoms with Crippen LogP contribution in [0.5, 0.6) is 0 Å². The molecule has 1 aliphatic heterocycles. The number of hydrogen-bond donors (Lipinski definition) is 1. The first kappa shape index (κ1) is 9.55. The molecule has 1 aromatic heterocycles. The first-order valence-electron chi connectivity index (χ1n) is 4.89. The summed E-state index contributed by atoms with van der Waals surface area (Å²) in [5.74, 6) is 0.469. The molecule has 1 fully saturated rings. The molecule has 2 rings (SSSR count). The fourth-order valence-corrected chi connectivity index (χ4v) is 1.72. The molecular weight excluding hydrogens is 180 g/mol. The Kier molecular flexibility index (Phi) is 3.06. The maximum Gasteiger partial charge on any atom is 0.116 e. The minimum absolute atomic E-state index is 0.0151. The molecule has 1 aromatic rings. The molecule has 4 heteroatoms. The van der Waals surface area contributed by atoms with Crippen molar-refractivity contribution in [3.63, 3.8) is 0 Å². The van der Waals surface area contributed by atoms with Crippen LogP contribution in [0.3, 0.4) is 0 Å². The molecule has 0 amide bonds. The molecule has 1 aliphatic rings. The number of hydrogen-bond acceptors (Lipinski definition) is 4. The Morgan fingerprint density at radius 1 is 1.36 bits per heavy atom. The summed E-state index contributed by atoms with van der Waals surface area (Å²) >= 11 is 0. The molecule has 0 bridgehead atoms. The van der Waals surface area contributed by atoms with Crippen molar-refractivity contribution in [2.75, 3.05) is 13.2 Å². The molecular formula is C10H14N2O2. The van der Waals surface area contributed by atoms with E-state index < -0.39 is 0 Å². The fourth-order valence-electron chi connectivity index (χ4n) is 1.72. The van der Waals surface area contributed by atoms with Gasteiger partial charge in [-0.05, 0) is 18.9 Å². The van der Waals surface area contributed by atoms with Crippen LogP contribution >= 0.6 is 0 Å². The predicted molar refractivity (Wildman–Crippen MR) is 50.7 cm³/mol. The number of aromatic nitrogens is 2. The van der Waals surface area contributed by atoms with Crippen molar-refractivity contribution in [1.82, 2.24) is 9.97 Å². The summed E-state index contributed by atoms with van der Waals surface area (Å²) < 4.78 is 5.28. The lowest BCUT2D eigenvalue weighted by Gasteiger charge is -2.21. The molecule has 4 nitrogen and oxygen atoms in total. The number of aliphatic hydroxyl groups excluding tert-OH is 1. The van der Waals surface area contributed by atoms with E-state index in [0.717, 1.165) is 31.7 Å². The lowest BCUT2D eigenvalue weighted by atomic mass is 9.96. The summed E-state index contributed by atoms with van der Waals surface area (Å²) in [7, 11) is 0. The van der Waals surface area contributed by atoms with Crippen LogP contribution in [0.4, 0.5) is 0 Å². The van der Waals surface area contributed by atoms with Crippen molar-refractivity contribution < 1.29 is 9.84 Å². The van der Waals surface area contributed by atoms with Gasteiger partial charge in [-0.3, -0.25) is 0 Å². The predicted octanol–water partition coefficient (Wildman–Crippen LogP) is 0.863. The van der Waals surface area contributed by atoms with E-state index in [4.69, 9.17) is 9.84 Å². The van der Waals surface area contributed by atoms with E-state index in [1.54, 1.807) is 0 Å². The second-order valence-corrected chi connectivity index (χ2v) is 3.48. The van der Waals surface area contributed by atoms with Gasteiger partial charge in [0.15, 0.2) is 0 Å². The van der Waals surface area contributed by atoms with E-state index in [1.165, 1.54) is 6.33 Å². The largest absolute Gasteiger partial charge is 0.390 e. The molecule has 0 atom stereocenters. The first-order chi connectivity index (χ1) is 6.90. The van der Waals surface area contributed by atoms with Gasteiger partial charge in [-0.1, -0.05) is 0 Å². The van der Waals surface area contributed by atoms with Gasteiger partial charge < -0.3 is 9.84 Å². The van der Waals surface area contributed by atoms with Crippen LogP contribution < -0.4 is 0 Å². The SMILES string of the molecule is OCc1cc(C2CCOCC2)ncn1. The highest BCUT2D eigenvalue weighted by atomic mass is 16.5. The standard InChI is InChI=1S/C10H14N2O2/c13-6-9-5-10(12-7-11-9)8-1-3-14-4-2-8/h5,7-8,13H,1-4,6H2. The van der Waals surface area contributed by atoms with Crippen molar-refractivity contribution >= 4 is 0 Å². The van der Waals surface area contributed by atoms with E-state index in [-0.39, 0.29) is 6.61 Å². The maximum atomic E-state index is 8.95. The van der Waals surface area contributed by atoms with Gasteiger partial charge in [0.2, 0.25) is 0 Å². The molecule has 0 radical (unpaired) electrons. The van der Waals surface area contributed by atoms with E-state index in [9.17, 15) is 0 Å². The Hall–Kier alpha value is -1.00. The third-order valence-corrected chi connectivity index (χ3v) is 2.55. The molecule has 0 unspecified atom stereocenters. The summed E-state index contributed by atoms with van der Waals surface area (Å²) in [6, 6.07) is 1.88. The van der Waals surface area contributed by atoms with Gasteiger partial charge in [0.25, 0.3) is 0 Å². The molecule has 14 heavy (non-hydrogen) atoms. The maximum absolute atomic E-state index is 8.95. The summed E-state index contributed by atoms with van der Waals surface area (Å²) in [4.78, 5) is 8.19. The van der Waals surface area contributed by atoms with Crippen molar-refractivity contribution in [3.05, 3.63) is 23.8 Å². The fraction of sp³-hybridized carbons (Fsp3) is 0.600. The van der Waals surface area contributed by atoms with Crippen LogP contribution in [0, 0.1) is 0 Å². The summed E-state index contributed by atoms with van der Waals surface area (Å²) in [6.45, 7) is 1.60. The number of nitrogens with zero attached hydrogens (tertiary/aromatic N) is 2. The van der Waals surface area contributed by atoms with Crippen molar-refractivity contribution in [2.24, 2.45) is 0 Å². The van der Waals surface area contributed by atoms with Crippen LogP contribution in [-0.2, 0) is 11.3 Å². The normalized spacial score (nSPS) is 18.4. The zero-order chi connectivity index (χ0) is 9.80. The Labute approximate surface area is 83.0 Å². The van der Waals surface area contributed by atoms with Crippen LogP contribution in [0.2, 0.25) is 0 Å². The zero-order valence-corrected chi connectivity index (χ0v) is 8.02. The topological polar surface area (TPSA) is 55.2 Å². The minimum atomic E-state index is -0.0151. The molecule has 0 aromatic carbocycles. The smallest absolute Gasteiger partial charge is 0.116 e. The lowest BCUT2D eigenvalue weighted by Crippen LogP contribution is -2.15. The molecule has 1 N–H and O–H groups in total. The minimum Gasteiger partial charge on any atom is -0.390 e. The summed E-state index contributed by atoms with van der Waals surface area (Å²) in [6.07, 6.45) is 3.56. The van der Waals surface area contributed by atoms with E-state index >= 15 is 0 Å². The van der Waals surface area contributed by atoms with Gasteiger partial charge >= 0.3 is 0 Å². The quantitative estimate of drug-likeness (QED) is 0.758. The molecule has 0 spiro atoms. The van der Waals surface area contributed by atoms with Gasteiger partial charge in [0, 0.05) is 24.8 Å². The highest BCUT2D eigenvalue weighted by molar-refractivity contribution is 5.12. The second-order valence-electron chi connectivity index (χ2n) is 3.48. The van der Waals surface area contributed by atoms with E-state index in [0.29, 0.717) is 11.6 Å². The third kappa shape index (κ3) is 2.08. The second kappa shape index (κ2) is 4.48. The summed E-state index contributed by atoms with van der Waals surface area (Å²) in [5, 5.41) is 8.95. The third-order valence-electron chi connectivity index (χ3n) is 2.55. The average molecular weight is 194 g/mol. The number of rotatable bonds is 2. The van der Waals surface area contributed by atoms with Crippen LogP contribution in [0.1, 0.15) is 30.1 Å². The van der Waals surface area contributed by atoms with Crippen LogP contribution in [0.25, 0.3) is 0 Å². The van der Waals surface area contributed by atoms with Gasteiger partial charge in [-0.2, -0.15) is 0 Å². The first-order valence-corrected chi connectivity index (χ1v) is 4.89. The van der Waals surface area contributed by atoms with Gasteiger partial charge in [-0.25, -0.2) is 9.97 Å². The van der Waals surface area contributed by atoms with Crippen molar-refractivity contribution in [2.45, 2.75) is 25.4 Å². The monoisotopic (exact) mass is 194 g/mol. The molecule has 2 heterocycles. The van der Waals surface area contributed by atoms with E-state index in [2.05, 4.69) is 9.97 Å². The molecule has 0 aliphatic carbocycles. The Morgan fingerprint density at radius 2 is 2.14 bits per heavy atom. The van der Waals surface area contributed by atoms with Crippen molar-refractivity contribution in [1.29, 1.82) is 0 Å². The lowest BCUT2D eigenvalue weighted by molar-refractivity contribution is 0.0844. The van der Waals surface area contributed by atoms with Gasteiger partial charge in [0.1, 0.15) is 6.33 Å².